The van der Waals surface area contributed by atoms with Gasteiger partial charge in [-0.1, -0.05) is 25.6 Å². The van der Waals surface area contributed by atoms with Gasteiger partial charge in [-0.15, -0.1) is 10.2 Å². The van der Waals surface area contributed by atoms with Crippen molar-refractivity contribution in [1.29, 1.82) is 0 Å². The van der Waals surface area contributed by atoms with E-state index in [1.807, 2.05) is 38.1 Å². The molecule has 0 unspecified atom stereocenters. The number of esters is 1. The Morgan fingerprint density at radius 1 is 1.32 bits per heavy atom. The maximum Gasteiger partial charge on any atom is 0.316 e. The van der Waals surface area contributed by atoms with Gasteiger partial charge in [0.15, 0.2) is 5.82 Å². The maximum atomic E-state index is 11.6. The van der Waals surface area contributed by atoms with E-state index in [1.54, 1.807) is 7.11 Å². The van der Waals surface area contributed by atoms with Crippen LogP contribution in [0.1, 0.15) is 19.7 Å². The molecule has 8 nitrogen and oxygen atoms in total. The van der Waals surface area contributed by atoms with E-state index >= 15 is 0 Å². The van der Waals surface area contributed by atoms with Crippen LogP contribution in [0.2, 0.25) is 0 Å². The van der Waals surface area contributed by atoms with Gasteiger partial charge in [0.1, 0.15) is 5.75 Å². The number of hydrogen-bond donors (Lipinski definition) is 2. The van der Waals surface area contributed by atoms with Crippen molar-refractivity contribution in [2.75, 3.05) is 30.6 Å². The van der Waals surface area contributed by atoms with Gasteiger partial charge in [-0.3, -0.25) is 4.79 Å². The third-order valence-corrected chi connectivity index (χ3v) is 4.09. The smallest absolute Gasteiger partial charge is 0.316 e. The van der Waals surface area contributed by atoms with Gasteiger partial charge in [-0.2, -0.15) is 0 Å². The Labute approximate surface area is 151 Å². The van der Waals surface area contributed by atoms with Gasteiger partial charge in [0.05, 0.1) is 26.0 Å². The summed E-state index contributed by atoms with van der Waals surface area (Å²) in [6.07, 6.45) is 0. The van der Waals surface area contributed by atoms with E-state index in [0.29, 0.717) is 30.1 Å². The molecule has 0 aliphatic carbocycles. The normalized spacial score (nSPS) is 10.7. The van der Waals surface area contributed by atoms with E-state index in [2.05, 4.69) is 15.5 Å². The number of anilines is 1. The molecule has 0 aliphatic heterocycles. The highest BCUT2D eigenvalue weighted by molar-refractivity contribution is 7.99. The molecular weight excluding hydrogens is 342 g/mol. The van der Waals surface area contributed by atoms with Crippen molar-refractivity contribution in [1.82, 2.24) is 14.9 Å². The molecule has 0 amide bonds. The second-order valence-corrected chi connectivity index (χ2v) is 6.66. The predicted octanol–water partition coefficient (Wildman–Crippen LogP) is 1.90. The molecule has 0 radical (unpaired) electrons. The van der Waals surface area contributed by atoms with Gasteiger partial charge in [0, 0.05) is 5.69 Å². The molecule has 0 spiro atoms. The molecule has 9 heteroatoms. The van der Waals surface area contributed by atoms with Crippen molar-refractivity contribution in [2.24, 2.45) is 5.92 Å². The van der Waals surface area contributed by atoms with Crippen molar-refractivity contribution < 1.29 is 14.3 Å². The van der Waals surface area contributed by atoms with Crippen LogP contribution in [0.3, 0.4) is 0 Å². The van der Waals surface area contributed by atoms with Gasteiger partial charge >= 0.3 is 5.97 Å². The third-order valence-electron chi connectivity index (χ3n) is 3.17. The number of carbonyl (C=O) groups is 1. The fourth-order valence-electron chi connectivity index (χ4n) is 1.84. The fraction of sp³-hybridized carbons (Fsp3) is 0.438. The van der Waals surface area contributed by atoms with Crippen LogP contribution >= 0.6 is 11.8 Å². The molecule has 25 heavy (non-hydrogen) atoms. The Morgan fingerprint density at radius 2 is 2.04 bits per heavy atom. The predicted molar refractivity (Wildman–Crippen MR) is 97.0 cm³/mol. The Kier molecular flexibility index (Phi) is 6.93. The first-order valence-corrected chi connectivity index (χ1v) is 8.84. The number of benzene rings is 1. The van der Waals surface area contributed by atoms with Crippen molar-refractivity contribution >= 4 is 23.4 Å². The molecule has 0 atom stereocenters. The summed E-state index contributed by atoms with van der Waals surface area (Å²) >= 11 is 1.20. The molecule has 2 rings (SSSR count). The van der Waals surface area contributed by atoms with Crippen LogP contribution in [0.4, 0.5) is 5.69 Å². The van der Waals surface area contributed by atoms with E-state index in [-0.39, 0.29) is 11.7 Å². The Hall–Kier alpha value is -2.42. The van der Waals surface area contributed by atoms with Crippen LogP contribution in [-0.2, 0) is 16.1 Å². The van der Waals surface area contributed by atoms with Gasteiger partial charge in [-0.05, 0) is 30.2 Å². The van der Waals surface area contributed by atoms with Gasteiger partial charge in [0.2, 0.25) is 5.16 Å². The molecule has 0 aliphatic rings. The molecule has 0 saturated carbocycles. The second kappa shape index (κ2) is 9.16. The molecule has 0 saturated heterocycles. The zero-order chi connectivity index (χ0) is 18.2. The first-order chi connectivity index (χ1) is 12.0. The lowest BCUT2D eigenvalue weighted by molar-refractivity contribution is -0.141. The first-order valence-electron chi connectivity index (χ1n) is 7.85. The highest BCUT2D eigenvalue weighted by atomic mass is 32.2. The summed E-state index contributed by atoms with van der Waals surface area (Å²) in [7, 11) is 1.62. The average molecular weight is 365 g/mol. The molecule has 0 fully saturated rings. The number of hydrogen-bond acceptors (Lipinski definition) is 8. The maximum absolute atomic E-state index is 11.6. The van der Waals surface area contributed by atoms with Crippen molar-refractivity contribution in [3.05, 3.63) is 30.1 Å². The summed E-state index contributed by atoms with van der Waals surface area (Å²) in [5.41, 5.74) is 0.912. The zero-order valence-electron chi connectivity index (χ0n) is 14.6. The lowest BCUT2D eigenvalue weighted by Crippen LogP contribution is -2.17. The zero-order valence-corrected chi connectivity index (χ0v) is 15.4. The number of thioether (sulfide) groups is 1. The number of rotatable bonds is 9. The quantitative estimate of drug-likeness (QED) is 0.394. The van der Waals surface area contributed by atoms with Crippen molar-refractivity contribution in [2.45, 2.75) is 25.5 Å². The van der Waals surface area contributed by atoms with Crippen LogP contribution in [0, 0.1) is 5.92 Å². The summed E-state index contributed by atoms with van der Waals surface area (Å²) < 4.78 is 11.6. The summed E-state index contributed by atoms with van der Waals surface area (Å²) in [4.78, 5) is 11.6. The Bertz CT molecular complexity index is 688. The number of carbonyl (C=O) groups excluding carboxylic acids is 1. The van der Waals surface area contributed by atoms with E-state index < -0.39 is 0 Å². The largest absolute Gasteiger partial charge is 0.497 e. The standard InChI is InChI=1S/C16H23N5O3S/c1-11(2)9-24-15(22)10-25-16-20-19-14(21(16)17)8-18-12-4-6-13(23-3)7-5-12/h4-7,11,18H,8-10,17H2,1-3H3. The molecule has 136 valence electrons. The molecule has 1 heterocycles. The summed E-state index contributed by atoms with van der Waals surface area (Å²) in [6, 6.07) is 7.52. The second-order valence-electron chi connectivity index (χ2n) is 5.72. The van der Waals surface area contributed by atoms with Gasteiger partial charge < -0.3 is 20.6 Å². The highest BCUT2D eigenvalue weighted by Gasteiger charge is 2.13. The van der Waals surface area contributed by atoms with Crippen molar-refractivity contribution in [3.8, 4) is 5.75 Å². The molecule has 3 N–H and O–H groups in total. The molecule has 0 bridgehead atoms. The minimum atomic E-state index is -0.292. The SMILES string of the molecule is COc1ccc(NCc2nnc(SCC(=O)OCC(C)C)n2N)cc1. The number of nitrogens with one attached hydrogen (secondary N) is 1. The molecule has 1 aromatic carbocycles. The Balaban J connectivity index is 1.84. The fourth-order valence-corrected chi connectivity index (χ4v) is 2.51. The first kappa shape index (κ1) is 18.9. The van der Waals surface area contributed by atoms with Gasteiger partial charge in [-0.25, -0.2) is 4.68 Å². The number of nitrogens with zero attached hydrogens (tertiary/aromatic N) is 3. The van der Waals surface area contributed by atoms with E-state index in [1.165, 1.54) is 16.4 Å². The minimum absolute atomic E-state index is 0.147. The van der Waals surface area contributed by atoms with Crippen LogP contribution in [0.15, 0.2) is 29.4 Å². The van der Waals surface area contributed by atoms with E-state index in [9.17, 15) is 4.79 Å². The molecule has 2 aromatic rings. The van der Waals surface area contributed by atoms with E-state index in [0.717, 1.165) is 11.4 Å². The number of ether oxygens (including phenoxy) is 2. The lowest BCUT2D eigenvalue weighted by Gasteiger charge is -2.08. The number of methoxy groups -OCH3 is 1. The van der Waals surface area contributed by atoms with Crippen LogP contribution in [0.5, 0.6) is 5.75 Å². The number of nitrogen functional groups attached to an aromatic ring is 1. The lowest BCUT2D eigenvalue weighted by atomic mass is 10.2. The average Bonchev–Trinajstić information content (AvgIpc) is 2.96. The highest BCUT2D eigenvalue weighted by Crippen LogP contribution is 2.17. The molecule has 1 aromatic heterocycles. The third kappa shape index (κ3) is 5.86. The summed E-state index contributed by atoms with van der Waals surface area (Å²) in [5.74, 6) is 7.49. The van der Waals surface area contributed by atoms with Crippen LogP contribution in [-0.4, -0.2) is 40.3 Å². The van der Waals surface area contributed by atoms with Crippen molar-refractivity contribution in [3.63, 3.8) is 0 Å². The minimum Gasteiger partial charge on any atom is -0.497 e. The molecular formula is C16H23N5O3S. The van der Waals surface area contributed by atoms with Crippen LogP contribution < -0.4 is 15.9 Å². The summed E-state index contributed by atoms with van der Waals surface area (Å²) in [6.45, 7) is 4.79. The monoisotopic (exact) mass is 365 g/mol. The summed E-state index contributed by atoms with van der Waals surface area (Å²) in [5, 5.41) is 11.7. The van der Waals surface area contributed by atoms with E-state index in [4.69, 9.17) is 15.3 Å². The Morgan fingerprint density at radius 3 is 2.68 bits per heavy atom. The number of aromatic nitrogens is 3. The van der Waals surface area contributed by atoms with Crippen LogP contribution in [0.25, 0.3) is 0 Å². The topological polar surface area (TPSA) is 104 Å². The number of nitrogens with two attached hydrogens (primary N) is 1. The van der Waals surface area contributed by atoms with Gasteiger partial charge in [0.25, 0.3) is 0 Å².